The molecule has 0 aliphatic carbocycles. The van der Waals surface area contributed by atoms with Gasteiger partial charge in [-0.05, 0) is 25.7 Å². The molecule has 0 saturated carbocycles. The molecule has 0 bridgehead atoms. The van der Waals surface area contributed by atoms with E-state index in [1.165, 1.54) is 12.8 Å². The lowest BCUT2D eigenvalue weighted by atomic mass is 9.97. The van der Waals surface area contributed by atoms with Crippen LogP contribution in [-0.4, -0.2) is 55.0 Å². The molecule has 0 aromatic rings. The van der Waals surface area contributed by atoms with Gasteiger partial charge in [0.05, 0.1) is 5.92 Å². The van der Waals surface area contributed by atoms with Crippen LogP contribution in [0.15, 0.2) is 0 Å². The molecule has 19 heavy (non-hydrogen) atoms. The lowest BCUT2D eigenvalue weighted by Gasteiger charge is -2.35. The lowest BCUT2D eigenvalue weighted by molar-refractivity contribution is -0.125. The zero-order valence-electron chi connectivity index (χ0n) is 11.9. The molecule has 2 heterocycles. The molecule has 1 unspecified atom stereocenters. The van der Waals surface area contributed by atoms with Crippen molar-refractivity contribution in [3.8, 4) is 0 Å². The first kappa shape index (κ1) is 14.2. The molecular formula is C14H25N3O2. The summed E-state index contributed by atoms with van der Waals surface area (Å²) in [6.07, 6.45) is 6.49. The highest BCUT2D eigenvalue weighted by atomic mass is 16.2. The number of likely N-dealkylation sites (tertiary alicyclic amines) is 2. The highest BCUT2D eigenvalue weighted by Crippen LogP contribution is 2.19. The van der Waals surface area contributed by atoms with Gasteiger partial charge in [-0.25, -0.2) is 4.79 Å². The maximum absolute atomic E-state index is 12.5. The summed E-state index contributed by atoms with van der Waals surface area (Å²) in [7, 11) is 1.66. The zero-order chi connectivity index (χ0) is 13.7. The highest BCUT2D eigenvalue weighted by molar-refractivity contribution is 5.80. The number of urea groups is 1. The molecule has 2 fully saturated rings. The topological polar surface area (TPSA) is 52.7 Å². The molecule has 108 valence electrons. The number of piperidine rings is 1. The van der Waals surface area contributed by atoms with Crippen LogP contribution in [-0.2, 0) is 4.79 Å². The molecule has 5 heteroatoms. The monoisotopic (exact) mass is 267 g/mol. The second kappa shape index (κ2) is 6.78. The van der Waals surface area contributed by atoms with E-state index in [0.29, 0.717) is 6.54 Å². The predicted octanol–water partition coefficient (Wildman–Crippen LogP) is 1.44. The van der Waals surface area contributed by atoms with Crippen molar-refractivity contribution in [2.24, 2.45) is 5.92 Å². The Balaban J connectivity index is 1.92. The van der Waals surface area contributed by atoms with E-state index >= 15 is 0 Å². The third-order valence-corrected chi connectivity index (χ3v) is 4.19. The van der Waals surface area contributed by atoms with Gasteiger partial charge in [-0.15, -0.1) is 0 Å². The van der Waals surface area contributed by atoms with Crippen molar-refractivity contribution in [3.63, 3.8) is 0 Å². The molecule has 1 atom stereocenters. The number of hydrogen-bond acceptors (Lipinski definition) is 2. The summed E-state index contributed by atoms with van der Waals surface area (Å²) in [5, 5.41) is 2.69. The van der Waals surface area contributed by atoms with Crippen molar-refractivity contribution in [2.45, 2.75) is 38.5 Å². The molecular weight excluding hydrogens is 242 g/mol. The fraction of sp³-hybridized carbons (Fsp3) is 0.857. The molecule has 2 saturated heterocycles. The number of rotatable bonds is 1. The molecule has 2 aliphatic heterocycles. The zero-order valence-corrected chi connectivity index (χ0v) is 11.9. The Morgan fingerprint density at radius 2 is 1.58 bits per heavy atom. The van der Waals surface area contributed by atoms with Crippen molar-refractivity contribution in [3.05, 3.63) is 0 Å². The molecule has 0 radical (unpaired) electrons. The predicted molar refractivity (Wildman–Crippen MR) is 73.8 cm³/mol. The van der Waals surface area contributed by atoms with Gasteiger partial charge in [0.25, 0.3) is 0 Å². The molecule has 0 spiro atoms. The minimum atomic E-state index is -0.0327. The van der Waals surface area contributed by atoms with E-state index in [1.54, 1.807) is 7.05 Å². The molecule has 2 rings (SSSR count). The Hall–Kier alpha value is -1.26. The largest absolute Gasteiger partial charge is 0.359 e. The molecule has 3 amide bonds. The van der Waals surface area contributed by atoms with Crippen LogP contribution in [0.2, 0.25) is 0 Å². The number of nitrogens with one attached hydrogen (secondary N) is 1. The lowest BCUT2D eigenvalue weighted by Crippen LogP contribution is -2.50. The average Bonchev–Trinajstić information content (AvgIpc) is 2.75. The first-order valence-corrected chi connectivity index (χ1v) is 7.48. The summed E-state index contributed by atoms with van der Waals surface area (Å²) >= 11 is 0. The molecule has 0 aromatic carbocycles. The summed E-state index contributed by atoms with van der Waals surface area (Å²) < 4.78 is 0. The van der Waals surface area contributed by atoms with Crippen LogP contribution in [0.1, 0.15) is 38.5 Å². The first-order chi connectivity index (χ1) is 9.22. The Morgan fingerprint density at radius 3 is 2.21 bits per heavy atom. The van der Waals surface area contributed by atoms with E-state index in [-0.39, 0.29) is 17.9 Å². The van der Waals surface area contributed by atoms with Crippen molar-refractivity contribution in [1.82, 2.24) is 15.1 Å². The van der Waals surface area contributed by atoms with Gasteiger partial charge >= 0.3 is 6.03 Å². The van der Waals surface area contributed by atoms with Gasteiger partial charge in [0.1, 0.15) is 0 Å². The van der Waals surface area contributed by atoms with Crippen LogP contribution >= 0.6 is 0 Å². The van der Waals surface area contributed by atoms with Crippen LogP contribution in [0.5, 0.6) is 0 Å². The van der Waals surface area contributed by atoms with Gasteiger partial charge in [-0.1, -0.05) is 12.8 Å². The van der Waals surface area contributed by atoms with Gasteiger partial charge in [0.15, 0.2) is 0 Å². The fourth-order valence-electron chi connectivity index (χ4n) is 3.03. The Labute approximate surface area is 115 Å². The minimum Gasteiger partial charge on any atom is -0.359 e. The van der Waals surface area contributed by atoms with Crippen LogP contribution < -0.4 is 5.32 Å². The SMILES string of the molecule is CNC(=O)C1CCCN(C(=O)N2CCCCCC2)C1. The maximum Gasteiger partial charge on any atom is 0.320 e. The van der Waals surface area contributed by atoms with Gasteiger partial charge in [0.2, 0.25) is 5.91 Å². The van der Waals surface area contributed by atoms with Crippen LogP contribution in [0, 0.1) is 5.92 Å². The summed E-state index contributed by atoms with van der Waals surface area (Å²) in [4.78, 5) is 28.0. The Kier molecular flexibility index (Phi) is 5.05. The number of carbonyl (C=O) groups is 2. The van der Waals surface area contributed by atoms with Crippen LogP contribution in [0.4, 0.5) is 4.79 Å². The quantitative estimate of drug-likeness (QED) is 0.781. The van der Waals surface area contributed by atoms with Crippen molar-refractivity contribution in [2.75, 3.05) is 33.2 Å². The number of carbonyl (C=O) groups excluding carboxylic acids is 2. The second-order valence-electron chi connectivity index (χ2n) is 5.58. The highest BCUT2D eigenvalue weighted by Gasteiger charge is 2.30. The van der Waals surface area contributed by atoms with Crippen LogP contribution in [0.25, 0.3) is 0 Å². The standard InChI is InChI=1S/C14H25N3O2/c1-15-13(18)12-7-6-10-17(11-12)14(19)16-8-4-2-3-5-9-16/h12H,2-11H2,1H3,(H,15,18). The number of nitrogens with zero attached hydrogens (tertiary/aromatic N) is 2. The van der Waals surface area contributed by atoms with Crippen molar-refractivity contribution >= 4 is 11.9 Å². The van der Waals surface area contributed by atoms with Gasteiger partial charge in [0, 0.05) is 33.2 Å². The normalized spacial score (nSPS) is 24.8. The average molecular weight is 267 g/mol. The van der Waals surface area contributed by atoms with Crippen LogP contribution in [0.3, 0.4) is 0 Å². The Morgan fingerprint density at radius 1 is 0.947 bits per heavy atom. The smallest absolute Gasteiger partial charge is 0.320 e. The molecule has 1 N–H and O–H groups in total. The summed E-state index contributed by atoms with van der Waals surface area (Å²) in [6, 6.07) is 0.135. The van der Waals surface area contributed by atoms with Crippen molar-refractivity contribution < 1.29 is 9.59 Å². The number of amides is 3. The maximum atomic E-state index is 12.5. The second-order valence-corrected chi connectivity index (χ2v) is 5.58. The molecule has 2 aliphatic rings. The van der Waals surface area contributed by atoms with Crippen molar-refractivity contribution in [1.29, 1.82) is 0 Å². The fourth-order valence-corrected chi connectivity index (χ4v) is 3.03. The van der Waals surface area contributed by atoms with E-state index in [9.17, 15) is 9.59 Å². The summed E-state index contributed by atoms with van der Waals surface area (Å²) in [6.45, 7) is 3.12. The molecule has 5 nitrogen and oxygen atoms in total. The van der Waals surface area contributed by atoms with E-state index in [2.05, 4.69) is 5.32 Å². The number of hydrogen-bond donors (Lipinski definition) is 1. The van der Waals surface area contributed by atoms with Gasteiger partial charge in [-0.3, -0.25) is 4.79 Å². The Bertz CT molecular complexity index is 325. The van der Waals surface area contributed by atoms with E-state index < -0.39 is 0 Å². The van der Waals surface area contributed by atoms with E-state index in [0.717, 1.165) is 45.3 Å². The van der Waals surface area contributed by atoms with Gasteiger partial charge in [-0.2, -0.15) is 0 Å². The third kappa shape index (κ3) is 3.61. The summed E-state index contributed by atoms with van der Waals surface area (Å²) in [5.41, 5.74) is 0. The first-order valence-electron chi connectivity index (χ1n) is 7.48. The van der Waals surface area contributed by atoms with E-state index in [1.807, 2.05) is 9.80 Å². The van der Waals surface area contributed by atoms with Gasteiger partial charge < -0.3 is 15.1 Å². The summed E-state index contributed by atoms with van der Waals surface area (Å²) in [5.74, 6) is 0.0306. The third-order valence-electron chi connectivity index (χ3n) is 4.19. The van der Waals surface area contributed by atoms with E-state index in [4.69, 9.17) is 0 Å². The minimum absolute atomic E-state index is 0.0327. The molecule has 0 aromatic heterocycles.